The summed E-state index contributed by atoms with van der Waals surface area (Å²) in [5.74, 6) is -0.959. The summed E-state index contributed by atoms with van der Waals surface area (Å²) in [4.78, 5) is 38.0. The van der Waals surface area contributed by atoms with Gasteiger partial charge in [0.1, 0.15) is 13.2 Å². The first kappa shape index (κ1) is 68.3. The second kappa shape index (κ2) is 59.8. The van der Waals surface area contributed by atoms with Crippen molar-refractivity contribution in [2.45, 2.75) is 245 Å². The highest BCUT2D eigenvalue weighted by Gasteiger charge is 2.19. The molecule has 0 N–H and O–H groups in total. The van der Waals surface area contributed by atoms with Gasteiger partial charge in [-0.2, -0.15) is 0 Å². The van der Waals surface area contributed by atoms with Crippen molar-refractivity contribution in [1.29, 1.82) is 0 Å². The fraction of sp³-hybridized carbons (Fsp3) is 0.597. The fourth-order valence-corrected chi connectivity index (χ4v) is 7.51. The average Bonchev–Trinajstić information content (AvgIpc) is 3.39. The quantitative estimate of drug-likeness (QED) is 0.0261. The molecule has 0 aliphatic carbocycles. The van der Waals surface area contributed by atoms with Crippen molar-refractivity contribution in [2.24, 2.45) is 0 Å². The van der Waals surface area contributed by atoms with Gasteiger partial charge in [0.2, 0.25) is 0 Å². The van der Waals surface area contributed by atoms with Gasteiger partial charge in [-0.3, -0.25) is 14.4 Å². The van der Waals surface area contributed by atoms with Crippen LogP contribution in [-0.2, 0) is 28.6 Å². The maximum Gasteiger partial charge on any atom is 0.306 e. The van der Waals surface area contributed by atoms with E-state index in [2.05, 4.69) is 167 Å². The van der Waals surface area contributed by atoms with Crippen molar-refractivity contribution >= 4 is 17.9 Å². The number of ether oxygens (including phenoxy) is 3. The summed E-state index contributed by atoms with van der Waals surface area (Å²) in [6, 6.07) is 0. The molecule has 0 heterocycles. The highest BCUT2D eigenvalue weighted by atomic mass is 16.6. The molecule has 410 valence electrons. The Kier molecular flexibility index (Phi) is 56.0. The van der Waals surface area contributed by atoms with E-state index in [-0.39, 0.29) is 37.5 Å². The molecule has 1 unspecified atom stereocenters. The lowest BCUT2D eigenvalue weighted by Gasteiger charge is -2.18. The number of carbonyl (C=O) groups is 3. The first-order chi connectivity index (χ1) is 36.0. The molecule has 1 atom stereocenters. The predicted molar refractivity (Wildman–Crippen MR) is 315 cm³/mol. The van der Waals surface area contributed by atoms with Crippen molar-refractivity contribution in [3.05, 3.63) is 146 Å². The van der Waals surface area contributed by atoms with Crippen LogP contribution in [0.25, 0.3) is 0 Å². The van der Waals surface area contributed by atoms with Crippen LogP contribution in [0.2, 0.25) is 0 Å². The van der Waals surface area contributed by atoms with Crippen LogP contribution >= 0.6 is 0 Å². The third kappa shape index (κ3) is 58.1. The minimum absolute atomic E-state index is 0.0994. The van der Waals surface area contributed by atoms with Gasteiger partial charge in [0.25, 0.3) is 0 Å². The van der Waals surface area contributed by atoms with Crippen molar-refractivity contribution in [3.8, 4) is 0 Å². The van der Waals surface area contributed by atoms with Gasteiger partial charge in [-0.1, -0.05) is 244 Å². The molecule has 0 aliphatic heterocycles. The number of hydrogen-bond donors (Lipinski definition) is 0. The third-order valence-electron chi connectivity index (χ3n) is 11.8. The molecule has 0 aromatic rings. The molecule has 6 nitrogen and oxygen atoms in total. The first-order valence-corrected chi connectivity index (χ1v) is 29.3. The van der Waals surface area contributed by atoms with Gasteiger partial charge < -0.3 is 14.2 Å². The Hall–Kier alpha value is -4.71. The third-order valence-corrected chi connectivity index (χ3v) is 11.8. The Morgan fingerprint density at radius 1 is 0.288 bits per heavy atom. The molecule has 0 fully saturated rings. The highest BCUT2D eigenvalue weighted by Crippen LogP contribution is 2.13. The van der Waals surface area contributed by atoms with E-state index in [1.807, 2.05) is 0 Å². The maximum atomic E-state index is 12.8. The minimum Gasteiger partial charge on any atom is -0.462 e. The van der Waals surface area contributed by atoms with Crippen LogP contribution in [-0.4, -0.2) is 37.2 Å². The number of allylic oxidation sites excluding steroid dienone is 24. The number of esters is 3. The second-order valence-corrected chi connectivity index (χ2v) is 18.8. The summed E-state index contributed by atoms with van der Waals surface area (Å²) in [7, 11) is 0. The zero-order valence-corrected chi connectivity index (χ0v) is 46.8. The van der Waals surface area contributed by atoms with E-state index in [0.717, 1.165) is 161 Å². The zero-order chi connectivity index (χ0) is 52.9. The molecule has 0 aromatic heterocycles. The number of unbranched alkanes of at least 4 members (excludes halogenated alkanes) is 16. The van der Waals surface area contributed by atoms with E-state index in [4.69, 9.17) is 14.2 Å². The van der Waals surface area contributed by atoms with E-state index in [1.165, 1.54) is 38.5 Å². The maximum absolute atomic E-state index is 12.8. The molecule has 0 saturated heterocycles. The standard InChI is InChI=1S/C67H106O6/c1-4-7-10-13-16-19-21-23-24-25-26-27-28-29-30-31-32-33-34-35-36-37-38-39-40-41-42-44-45-48-51-54-57-60-66(69)72-63-64(62-71-65(68)59-56-53-50-47-18-15-12-9-6-3)73-67(70)61-58-55-52-49-46-43-22-20-17-14-11-8-5-2/h7-8,10-11,16-17,19-20,23-24,26-27,29-30,32-33,35-36,38-39,41-43,46,64H,4-6,9,12-15,18,21-22,25,28,31,34,37,40,44-45,47-63H2,1-3H3/b10-7-,11-8-,19-16-,20-17-,24-23-,27-26-,30-29-,33-32-,36-35-,39-38-,42-41-,46-43-. The smallest absolute Gasteiger partial charge is 0.306 e. The van der Waals surface area contributed by atoms with Crippen LogP contribution in [0.1, 0.15) is 239 Å². The van der Waals surface area contributed by atoms with Gasteiger partial charge in [-0.25, -0.2) is 0 Å². The van der Waals surface area contributed by atoms with E-state index in [9.17, 15) is 14.4 Å². The van der Waals surface area contributed by atoms with Crippen molar-refractivity contribution in [3.63, 3.8) is 0 Å². The number of rotatable bonds is 51. The van der Waals surface area contributed by atoms with Gasteiger partial charge in [0.15, 0.2) is 6.10 Å². The molecule has 6 heteroatoms. The van der Waals surface area contributed by atoms with Gasteiger partial charge >= 0.3 is 17.9 Å². The van der Waals surface area contributed by atoms with Gasteiger partial charge in [0.05, 0.1) is 0 Å². The summed E-state index contributed by atoms with van der Waals surface area (Å²) < 4.78 is 16.7. The molecule has 0 saturated carbocycles. The molecular formula is C67H106O6. The Bertz CT molecular complexity index is 1630. The van der Waals surface area contributed by atoms with E-state index >= 15 is 0 Å². The molecule has 0 bridgehead atoms. The van der Waals surface area contributed by atoms with Gasteiger partial charge in [-0.05, 0) is 122 Å². The Morgan fingerprint density at radius 3 is 0.849 bits per heavy atom. The fourth-order valence-electron chi connectivity index (χ4n) is 7.51. The van der Waals surface area contributed by atoms with Gasteiger partial charge in [0, 0.05) is 19.3 Å². The van der Waals surface area contributed by atoms with Crippen LogP contribution in [0.5, 0.6) is 0 Å². The van der Waals surface area contributed by atoms with E-state index in [1.54, 1.807) is 0 Å². The Labute approximate surface area is 448 Å². The summed E-state index contributed by atoms with van der Waals surface area (Å²) in [6.45, 7) is 6.33. The molecule has 73 heavy (non-hydrogen) atoms. The lowest BCUT2D eigenvalue weighted by molar-refractivity contribution is -0.167. The second-order valence-electron chi connectivity index (χ2n) is 18.8. The van der Waals surface area contributed by atoms with Crippen molar-refractivity contribution < 1.29 is 28.6 Å². The van der Waals surface area contributed by atoms with Crippen LogP contribution in [0, 0.1) is 0 Å². The van der Waals surface area contributed by atoms with E-state index in [0.29, 0.717) is 12.8 Å². The highest BCUT2D eigenvalue weighted by molar-refractivity contribution is 5.71. The molecule has 0 aromatic carbocycles. The van der Waals surface area contributed by atoms with Crippen molar-refractivity contribution in [1.82, 2.24) is 0 Å². The molecule has 0 aliphatic rings. The van der Waals surface area contributed by atoms with Crippen LogP contribution in [0.15, 0.2) is 146 Å². The topological polar surface area (TPSA) is 78.9 Å². The summed E-state index contributed by atoms with van der Waals surface area (Å²) in [6.07, 6.45) is 85.7. The van der Waals surface area contributed by atoms with E-state index < -0.39 is 6.10 Å². The average molecular weight is 1010 g/mol. The normalized spacial score (nSPS) is 13.2. The largest absolute Gasteiger partial charge is 0.462 e. The summed E-state index contributed by atoms with van der Waals surface area (Å²) in [5, 5.41) is 0. The summed E-state index contributed by atoms with van der Waals surface area (Å²) in [5.41, 5.74) is 0. The Balaban J connectivity index is 4.26. The molecule has 0 amide bonds. The zero-order valence-electron chi connectivity index (χ0n) is 46.8. The monoisotopic (exact) mass is 1010 g/mol. The molecular weight excluding hydrogens is 901 g/mol. The molecule has 0 spiro atoms. The van der Waals surface area contributed by atoms with Crippen LogP contribution in [0.3, 0.4) is 0 Å². The predicted octanol–water partition coefficient (Wildman–Crippen LogP) is 20.0. The molecule has 0 rings (SSSR count). The number of carbonyl (C=O) groups excluding carboxylic acids is 3. The van der Waals surface area contributed by atoms with Crippen LogP contribution in [0.4, 0.5) is 0 Å². The molecule has 0 radical (unpaired) electrons. The lowest BCUT2D eigenvalue weighted by atomic mass is 10.1. The van der Waals surface area contributed by atoms with Gasteiger partial charge in [-0.15, -0.1) is 0 Å². The minimum atomic E-state index is -0.804. The first-order valence-electron chi connectivity index (χ1n) is 29.3. The Morgan fingerprint density at radius 2 is 0.534 bits per heavy atom. The van der Waals surface area contributed by atoms with Crippen molar-refractivity contribution in [2.75, 3.05) is 13.2 Å². The summed E-state index contributed by atoms with van der Waals surface area (Å²) >= 11 is 0. The van der Waals surface area contributed by atoms with Crippen LogP contribution < -0.4 is 0 Å². The number of hydrogen-bond acceptors (Lipinski definition) is 6. The lowest BCUT2D eigenvalue weighted by Crippen LogP contribution is -2.30. The SMILES string of the molecule is CC/C=C\C/C=C\C/C=C\C/C=C\C/C=C\C/C=C\C/C=C\C/C=C\C/C=C\CCCCCCCC(=O)OCC(COC(=O)CCCCCCCCCCC)OC(=O)CCCCC/C=C\C/C=C\C/C=C\CC.